The van der Waals surface area contributed by atoms with Crippen LogP contribution in [0.2, 0.25) is 5.02 Å². The van der Waals surface area contributed by atoms with Crippen molar-refractivity contribution in [1.82, 2.24) is 4.31 Å². The number of hydrogen-bond acceptors (Lipinski definition) is 3. The average molecular weight is 375 g/mol. The number of anilines is 1. The molecule has 2 rings (SSSR count). The predicted molar refractivity (Wildman–Crippen MR) is 86.6 cm³/mol. The van der Waals surface area contributed by atoms with Gasteiger partial charge in [-0.3, -0.25) is 4.79 Å². The largest absolute Gasteiger partial charge is 0.322 e. The van der Waals surface area contributed by atoms with Crippen molar-refractivity contribution in [2.24, 2.45) is 0 Å². The highest BCUT2D eigenvalue weighted by molar-refractivity contribution is 7.89. The van der Waals surface area contributed by atoms with Gasteiger partial charge >= 0.3 is 0 Å². The van der Waals surface area contributed by atoms with Crippen molar-refractivity contribution >= 4 is 33.2 Å². The predicted octanol–water partition coefficient (Wildman–Crippen LogP) is 3.12. The van der Waals surface area contributed by atoms with E-state index in [0.717, 1.165) is 22.5 Å². The van der Waals surface area contributed by atoms with Crippen LogP contribution >= 0.6 is 11.6 Å². The Labute approximate surface area is 142 Å². The molecule has 0 fully saturated rings. The summed E-state index contributed by atoms with van der Waals surface area (Å²) >= 11 is 5.90. The maximum atomic E-state index is 13.6. The van der Waals surface area contributed by atoms with Crippen LogP contribution in [0.4, 0.5) is 14.5 Å². The van der Waals surface area contributed by atoms with Gasteiger partial charge in [0, 0.05) is 25.8 Å². The number of halogens is 3. The Morgan fingerprint density at radius 2 is 1.79 bits per heavy atom. The lowest BCUT2D eigenvalue weighted by atomic mass is 10.2. The second kappa shape index (κ2) is 6.84. The van der Waals surface area contributed by atoms with Gasteiger partial charge in [-0.25, -0.2) is 21.5 Å². The van der Waals surface area contributed by atoms with E-state index in [4.69, 9.17) is 11.6 Å². The van der Waals surface area contributed by atoms with Crippen molar-refractivity contribution in [3.05, 3.63) is 58.6 Å². The number of hydrogen-bond donors (Lipinski definition) is 1. The Bertz CT molecular complexity index is 902. The van der Waals surface area contributed by atoms with Gasteiger partial charge in [0.05, 0.1) is 10.6 Å². The monoisotopic (exact) mass is 374 g/mol. The van der Waals surface area contributed by atoms with Crippen molar-refractivity contribution in [3.8, 4) is 0 Å². The molecule has 0 bridgehead atoms. The molecule has 1 amide bonds. The molecule has 9 heteroatoms. The highest BCUT2D eigenvalue weighted by Crippen LogP contribution is 2.27. The molecule has 0 aliphatic rings. The zero-order chi connectivity index (χ0) is 18.1. The second-order valence-electron chi connectivity index (χ2n) is 5.01. The minimum Gasteiger partial charge on any atom is -0.322 e. The van der Waals surface area contributed by atoms with Crippen LogP contribution in [0.3, 0.4) is 0 Å². The van der Waals surface area contributed by atoms with Crippen LogP contribution in [0, 0.1) is 11.6 Å². The Morgan fingerprint density at radius 3 is 2.38 bits per heavy atom. The number of carbonyl (C=O) groups is 1. The first-order valence-electron chi connectivity index (χ1n) is 6.61. The van der Waals surface area contributed by atoms with Crippen molar-refractivity contribution in [3.63, 3.8) is 0 Å². The lowest BCUT2D eigenvalue weighted by Gasteiger charge is -2.14. The highest BCUT2D eigenvalue weighted by Gasteiger charge is 2.22. The first-order valence-corrected chi connectivity index (χ1v) is 8.43. The van der Waals surface area contributed by atoms with E-state index >= 15 is 0 Å². The quantitative estimate of drug-likeness (QED) is 0.894. The first kappa shape index (κ1) is 18.3. The van der Waals surface area contributed by atoms with Gasteiger partial charge < -0.3 is 5.32 Å². The molecule has 5 nitrogen and oxygen atoms in total. The lowest BCUT2D eigenvalue weighted by Crippen LogP contribution is -2.23. The standard InChI is InChI=1S/C15H13ClF2N2O3S/c1-20(2)24(22,23)14-8-10(4-6-12(14)16)19-15(21)11-5-3-9(17)7-13(11)18/h3-8H,1-2H3,(H,19,21). The van der Waals surface area contributed by atoms with Crippen molar-refractivity contribution < 1.29 is 22.0 Å². The number of benzene rings is 2. The molecule has 0 saturated carbocycles. The van der Waals surface area contributed by atoms with Gasteiger partial charge in [0.1, 0.15) is 16.5 Å². The summed E-state index contributed by atoms with van der Waals surface area (Å²) in [5.74, 6) is -2.68. The molecule has 0 aliphatic heterocycles. The Morgan fingerprint density at radius 1 is 1.12 bits per heavy atom. The van der Waals surface area contributed by atoms with E-state index in [1.807, 2.05) is 0 Å². The molecule has 2 aromatic carbocycles. The SMILES string of the molecule is CN(C)S(=O)(=O)c1cc(NC(=O)c2ccc(F)cc2F)ccc1Cl. The van der Waals surface area contributed by atoms with Gasteiger partial charge in [0.15, 0.2) is 0 Å². The summed E-state index contributed by atoms with van der Waals surface area (Å²) in [6.45, 7) is 0. The smallest absolute Gasteiger partial charge is 0.258 e. The molecule has 0 atom stereocenters. The summed E-state index contributed by atoms with van der Waals surface area (Å²) in [5, 5.41) is 2.34. The molecule has 0 radical (unpaired) electrons. The van der Waals surface area contributed by atoms with E-state index in [2.05, 4.69) is 5.32 Å². The minimum absolute atomic E-state index is 0.0188. The third-order valence-corrected chi connectivity index (χ3v) is 5.42. The third-order valence-electron chi connectivity index (χ3n) is 3.12. The van der Waals surface area contributed by atoms with Crippen molar-refractivity contribution in [2.45, 2.75) is 4.90 Å². The van der Waals surface area contributed by atoms with Crippen LogP contribution in [-0.4, -0.2) is 32.7 Å². The van der Waals surface area contributed by atoms with Crippen molar-refractivity contribution in [2.75, 3.05) is 19.4 Å². The molecule has 0 aliphatic carbocycles. The lowest BCUT2D eigenvalue weighted by molar-refractivity contribution is 0.102. The number of nitrogens with zero attached hydrogens (tertiary/aromatic N) is 1. The molecule has 0 aromatic heterocycles. The summed E-state index contributed by atoms with van der Waals surface area (Å²) in [6.07, 6.45) is 0. The topological polar surface area (TPSA) is 66.5 Å². The Hall–Kier alpha value is -2.03. The van der Waals surface area contributed by atoms with Crippen LogP contribution in [-0.2, 0) is 10.0 Å². The maximum Gasteiger partial charge on any atom is 0.258 e. The van der Waals surface area contributed by atoms with E-state index in [0.29, 0.717) is 6.07 Å². The fraction of sp³-hybridized carbons (Fsp3) is 0.133. The van der Waals surface area contributed by atoms with Crippen molar-refractivity contribution in [1.29, 1.82) is 0 Å². The highest BCUT2D eigenvalue weighted by atomic mass is 35.5. The zero-order valence-electron chi connectivity index (χ0n) is 12.7. The summed E-state index contributed by atoms with van der Waals surface area (Å²) < 4.78 is 51.8. The molecular formula is C15H13ClF2N2O3S. The number of carbonyl (C=O) groups excluding carboxylic acids is 1. The number of rotatable bonds is 4. The molecule has 0 spiro atoms. The molecule has 128 valence electrons. The third kappa shape index (κ3) is 3.72. The van der Waals surface area contributed by atoms with Crippen LogP contribution < -0.4 is 5.32 Å². The van der Waals surface area contributed by atoms with Gasteiger partial charge in [-0.1, -0.05) is 11.6 Å². The average Bonchev–Trinajstić information content (AvgIpc) is 2.48. The van der Waals surface area contributed by atoms with E-state index in [1.54, 1.807) is 0 Å². The van der Waals surface area contributed by atoms with Gasteiger partial charge in [-0.2, -0.15) is 0 Å². The van der Waals surface area contributed by atoms with Crippen LogP contribution in [0.1, 0.15) is 10.4 Å². The number of sulfonamides is 1. The van der Waals surface area contributed by atoms with Gasteiger partial charge in [-0.05, 0) is 30.3 Å². The van der Waals surface area contributed by atoms with E-state index in [9.17, 15) is 22.0 Å². The fourth-order valence-electron chi connectivity index (χ4n) is 1.85. The van der Waals surface area contributed by atoms with E-state index in [-0.39, 0.29) is 21.2 Å². The summed E-state index contributed by atoms with van der Waals surface area (Å²) in [5.41, 5.74) is -0.267. The minimum atomic E-state index is -3.82. The summed E-state index contributed by atoms with van der Waals surface area (Å²) in [4.78, 5) is 11.9. The fourth-order valence-corrected chi connectivity index (χ4v) is 3.24. The molecule has 24 heavy (non-hydrogen) atoms. The molecule has 0 saturated heterocycles. The number of nitrogens with one attached hydrogen (secondary N) is 1. The van der Waals surface area contributed by atoms with Gasteiger partial charge in [0.25, 0.3) is 5.91 Å². The van der Waals surface area contributed by atoms with Crippen LogP contribution in [0.25, 0.3) is 0 Å². The molecule has 0 unspecified atom stereocenters. The van der Waals surface area contributed by atoms with E-state index in [1.165, 1.54) is 26.2 Å². The molecule has 2 aromatic rings. The summed E-state index contributed by atoms with van der Waals surface area (Å²) in [7, 11) is -1.14. The zero-order valence-corrected chi connectivity index (χ0v) is 14.3. The Balaban J connectivity index is 2.36. The van der Waals surface area contributed by atoms with E-state index < -0.39 is 27.6 Å². The first-order chi connectivity index (χ1) is 11.1. The van der Waals surface area contributed by atoms with Crippen LogP contribution in [0.15, 0.2) is 41.3 Å². The molecule has 0 heterocycles. The van der Waals surface area contributed by atoms with Gasteiger partial charge in [0.2, 0.25) is 10.0 Å². The van der Waals surface area contributed by atoms with Crippen LogP contribution in [0.5, 0.6) is 0 Å². The molecule has 1 N–H and O–H groups in total. The van der Waals surface area contributed by atoms with Gasteiger partial charge in [-0.15, -0.1) is 0 Å². The Kier molecular flexibility index (Phi) is 5.22. The second-order valence-corrected chi connectivity index (χ2v) is 7.54. The maximum absolute atomic E-state index is 13.6. The molecular weight excluding hydrogens is 362 g/mol. The summed E-state index contributed by atoms with van der Waals surface area (Å²) in [6, 6.07) is 6.36. The number of amides is 1. The normalized spacial score (nSPS) is 11.6.